The fraction of sp³-hybridized carbons (Fsp3) is 0.381. The number of piperidine rings is 1. The van der Waals surface area contributed by atoms with Gasteiger partial charge in [-0.1, -0.05) is 36.8 Å². The predicted octanol–water partition coefficient (Wildman–Crippen LogP) is 4.18. The summed E-state index contributed by atoms with van der Waals surface area (Å²) in [4.78, 5) is 14.7. The zero-order chi connectivity index (χ0) is 19.1. The molecule has 3 rings (SSSR count). The number of urea groups is 1. The second-order valence-corrected chi connectivity index (χ2v) is 6.70. The van der Waals surface area contributed by atoms with Crippen molar-refractivity contribution in [1.82, 2.24) is 10.2 Å². The van der Waals surface area contributed by atoms with Crippen molar-refractivity contribution < 1.29 is 13.9 Å². The van der Waals surface area contributed by atoms with Crippen LogP contribution in [0.5, 0.6) is 5.75 Å². The van der Waals surface area contributed by atoms with E-state index in [0.29, 0.717) is 12.3 Å². The third-order valence-electron chi connectivity index (χ3n) is 4.90. The van der Waals surface area contributed by atoms with Gasteiger partial charge in [0.25, 0.3) is 0 Å². The Hall–Kier alpha value is -2.60. The quantitative estimate of drug-likeness (QED) is 0.801. The van der Waals surface area contributed by atoms with E-state index in [2.05, 4.69) is 27.7 Å². The van der Waals surface area contributed by atoms with Crippen molar-refractivity contribution in [1.29, 1.82) is 0 Å². The van der Waals surface area contributed by atoms with Gasteiger partial charge in [0.15, 0.2) is 0 Å². The van der Waals surface area contributed by atoms with Crippen LogP contribution in [0.2, 0.25) is 0 Å². The lowest BCUT2D eigenvalue weighted by molar-refractivity contribution is 0.161. The van der Waals surface area contributed by atoms with Crippen molar-refractivity contribution in [3.05, 3.63) is 59.9 Å². The van der Waals surface area contributed by atoms with E-state index in [1.54, 1.807) is 6.07 Å². The van der Waals surface area contributed by atoms with E-state index < -0.39 is 11.8 Å². The molecular formula is C21H26FN3O2. The lowest BCUT2D eigenvalue weighted by Crippen LogP contribution is -2.41. The van der Waals surface area contributed by atoms with Crippen molar-refractivity contribution in [2.45, 2.75) is 25.3 Å². The Bertz CT molecular complexity index is 748. The number of likely N-dealkylation sites (tertiary alicyclic amines) is 1. The summed E-state index contributed by atoms with van der Waals surface area (Å²) in [5, 5.41) is 5.47. The first-order chi connectivity index (χ1) is 13.2. The number of amides is 2. The highest BCUT2D eigenvalue weighted by Gasteiger charge is 2.22. The summed E-state index contributed by atoms with van der Waals surface area (Å²) in [7, 11) is 1.47. The smallest absolute Gasteiger partial charge is 0.319 e. The molecule has 1 atom stereocenters. The van der Waals surface area contributed by atoms with Crippen LogP contribution in [0.25, 0.3) is 0 Å². The van der Waals surface area contributed by atoms with Gasteiger partial charge in [0.1, 0.15) is 11.6 Å². The molecule has 2 amide bonds. The Balaban J connectivity index is 1.63. The number of rotatable bonds is 6. The molecule has 1 heterocycles. The van der Waals surface area contributed by atoms with Gasteiger partial charge < -0.3 is 15.4 Å². The summed E-state index contributed by atoms with van der Waals surface area (Å²) in [6, 6.07) is 14.2. The van der Waals surface area contributed by atoms with Crippen LogP contribution in [0.3, 0.4) is 0 Å². The molecule has 0 unspecified atom stereocenters. The molecule has 5 nitrogen and oxygen atoms in total. The number of benzene rings is 2. The van der Waals surface area contributed by atoms with E-state index in [0.717, 1.165) is 13.1 Å². The number of nitrogens with one attached hydrogen (secondary N) is 2. The third-order valence-corrected chi connectivity index (χ3v) is 4.90. The highest BCUT2D eigenvalue weighted by atomic mass is 19.1. The first-order valence-electron chi connectivity index (χ1n) is 9.35. The van der Waals surface area contributed by atoms with E-state index in [9.17, 15) is 9.18 Å². The molecular weight excluding hydrogens is 345 g/mol. The second-order valence-electron chi connectivity index (χ2n) is 6.70. The van der Waals surface area contributed by atoms with Crippen LogP contribution in [-0.4, -0.2) is 37.7 Å². The molecule has 1 aliphatic heterocycles. The van der Waals surface area contributed by atoms with Crippen molar-refractivity contribution in [2.75, 3.05) is 32.1 Å². The number of halogens is 1. The molecule has 0 spiro atoms. The molecule has 1 aliphatic rings. The normalized spacial score (nSPS) is 15.8. The van der Waals surface area contributed by atoms with Gasteiger partial charge >= 0.3 is 6.03 Å². The largest absolute Gasteiger partial charge is 0.497 e. The monoisotopic (exact) mass is 371 g/mol. The molecule has 144 valence electrons. The number of anilines is 1. The number of ether oxygens (including phenoxy) is 1. The maximum absolute atomic E-state index is 14.0. The average Bonchev–Trinajstić information content (AvgIpc) is 2.71. The topological polar surface area (TPSA) is 53.6 Å². The van der Waals surface area contributed by atoms with Crippen LogP contribution in [0.1, 0.15) is 30.9 Å². The average molecular weight is 371 g/mol. The highest BCUT2D eigenvalue weighted by molar-refractivity contribution is 5.89. The van der Waals surface area contributed by atoms with E-state index in [1.807, 2.05) is 18.2 Å². The summed E-state index contributed by atoms with van der Waals surface area (Å²) >= 11 is 0. The van der Waals surface area contributed by atoms with Gasteiger partial charge in [0.05, 0.1) is 18.8 Å². The number of carbonyl (C=O) groups is 1. The summed E-state index contributed by atoms with van der Waals surface area (Å²) in [6.45, 7) is 2.51. The summed E-state index contributed by atoms with van der Waals surface area (Å²) in [5.41, 5.74) is 1.30. The zero-order valence-corrected chi connectivity index (χ0v) is 15.6. The maximum Gasteiger partial charge on any atom is 0.319 e. The minimum atomic E-state index is -0.528. The molecule has 0 saturated carbocycles. The summed E-state index contributed by atoms with van der Waals surface area (Å²) in [6.07, 6.45) is 3.60. The van der Waals surface area contributed by atoms with Gasteiger partial charge in [-0.15, -0.1) is 0 Å². The molecule has 2 N–H and O–H groups in total. The molecule has 1 fully saturated rings. The van der Waals surface area contributed by atoms with Gasteiger partial charge in [0.2, 0.25) is 0 Å². The van der Waals surface area contributed by atoms with Crippen molar-refractivity contribution in [3.8, 4) is 5.75 Å². The molecule has 2 aromatic rings. The van der Waals surface area contributed by atoms with Crippen LogP contribution < -0.4 is 15.4 Å². The van der Waals surface area contributed by atoms with Crippen LogP contribution in [0, 0.1) is 5.82 Å². The molecule has 2 aromatic carbocycles. The van der Waals surface area contributed by atoms with E-state index in [1.165, 1.54) is 44.1 Å². The SMILES string of the molecule is COc1ccc(NC(=O)NC[C@@H](c2ccccc2)N2CCCCC2)c(F)c1. The Kier molecular flexibility index (Phi) is 6.65. The van der Waals surface area contributed by atoms with Gasteiger partial charge in [-0.2, -0.15) is 0 Å². The van der Waals surface area contributed by atoms with E-state index in [4.69, 9.17) is 4.74 Å². The zero-order valence-electron chi connectivity index (χ0n) is 15.6. The number of methoxy groups -OCH3 is 1. The molecule has 0 aromatic heterocycles. The fourth-order valence-corrected chi connectivity index (χ4v) is 3.44. The Labute approximate surface area is 159 Å². The number of hydrogen-bond acceptors (Lipinski definition) is 3. The first kappa shape index (κ1) is 19.2. The Morgan fingerprint density at radius 3 is 2.56 bits per heavy atom. The lowest BCUT2D eigenvalue weighted by atomic mass is 10.0. The highest BCUT2D eigenvalue weighted by Crippen LogP contribution is 2.24. The van der Waals surface area contributed by atoms with Gasteiger partial charge in [-0.3, -0.25) is 4.90 Å². The molecule has 0 radical (unpaired) electrons. The van der Waals surface area contributed by atoms with Crippen molar-refractivity contribution in [3.63, 3.8) is 0 Å². The minimum Gasteiger partial charge on any atom is -0.497 e. The maximum atomic E-state index is 14.0. The van der Waals surface area contributed by atoms with Gasteiger partial charge in [-0.05, 0) is 43.6 Å². The predicted molar refractivity (Wildman–Crippen MR) is 105 cm³/mol. The fourth-order valence-electron chi connectivity index (χ4n) is 3.44. The van der Waals surface area contributed by atoms with Gasteiger partial charge in [-0.25, -0.2) is 9.18 Å². The minimum absolute atomic E-state index is 0.109. The van der Waals surface area contributed by atoms with Crippen molar-refractivity contribution >= 4 is 11.7 Å². The Morgan fingerprint density at radius 2 is 1.89 bits per heavy atom. The van der Waals surface area contributed by atoms with Crippen LogP contribution >= 0.6 is 0 Å². The third kappa shape index (κ3) is 5.20. The van der Waals surface area contributed by atoms with Crippen molar-refractivity contribution in [2.24, 2.45) is 0 Å². The number of carbonyl (C=O) groups excluding carboxylic acids is 1. The van der Waals surface area contributed by atoms with E-state index >= 15 is 0 Å². The molecule has 6 heteroatoms. The second kappa shape index (κ2) is 9.37. The van der Waals surface area contributed by atoms with Crippen LogP contribution in [0.4, 0.5) is 14.9 Å². The molecule has 1 saturated heterocycles. The van der Waals surface area contributed by atoms with E-state index in [-0.39, 0.29) is 11.7 Å². The standard InChI is InChI=1S/C21H26FN3O2/c1-27-17-10-11-19(18(22)14-17)24-21(26)23-15-20(16-8-4-2-5-9-16)25-12-6-3-7-13-25/h2,4-5,8-11,14,20H,3,6-7,12-13,15H2,1H3,(H2,23,24,26)/t20-/m0/s1. The molecule has 0 bridgehead atoms. The number of nitrogens with zero attached hydrogens (tertiary/aromatic N) is 1. The molecule has 0 aliphatic carbocycles. The number of hydrogen-bond donors (Lipinski definition) is 2. The van der Waals surface area contributed by atoms with Gasteiger partial charge in [0, 0.05) is 12.6 Å². The van der Waals surface area contributed by atoms with Crippen LogP contribution in [-0.2, 0) is 0 Å². The summed E-state index contributed by atoms with van der Waals surface area (Å²) < 4.78 is 19.0. The molecule has 27 heavy (non-hydrogen) atoms. The summed E-state index contributed by atoms with van der Waals surface area (Å²) in [5.74, 6) is -0.118. The Morgan fingerprint density at radius 1 is 1.15 bits per heavy atom. The first-order valence-corrected chi connectivity index (χ1v) is 9.35. The van der Waals surface area contributed by atoms with Crippen LogP contribution in [0.15, 0.2) is 48.5 Å². The lowest BCUT2D eigenvalue weighted by Gasteiger charge is -2.35.